The normalized spacial score (nSPS) is 37.9. The maximum Gasteiger partial charge on any atom is 0.146 e. The molecule has 0 aliphatic carbocycles. The fourth-order valence-electron chi connectivity index (χ4n) is 2.03. The van der Waals surface area contributed by atoms with Gasteiger partial charge in [-0.15, -0.1) is 0 Å². The summed E-state index contributed by atoms with van der Waals surface area (Å²) in [7, 11) is 3.18. The highest BCUT2D eigenvalue weighted by Crippen LogP contribution is 2.30. The molecule has 0 aromatic rings. The minimum Gasteiger partial charge on any atom is -0.370 e. The Morgan fingerprint density at radius 1 is 0.875 bits per heavy atom. The van der Waals surface area contributed by atoms with Crippen molar-refractivity contribution in [3.8, 4) is 0 Å². The van der Waals surface area contributed by atoms with Crippen LogP contribution in [0.3, 0.4) is 0 Å². The first-order chi connectivity index (χ1) is 7.86. The molecule has 0 saturated carbocycles. The molecule has 0 aromatic heterocycles. The van der Waals surface area contributed by atoms with E-state index in [9.17, 15) is 0 Å². The van der Waals surface area contributed by atoms with E-state index in [1.165, 1.54) is 0 Å². The predicted molar refractivity (Wildman–Crippen MR) is 53.0 cm³/mol. The van der Waals surface area contributed by atoms with E-state index in [1.54, 1.807) is 14.2 Å². The molecular formula is C10H18O6. The van der Waals surface area contributed by atoms with Gasteiger partial charge >= 0.3 is 0 Å². The van der Waals surface area contributed by atoms with Gasteiger partial charge in [0, 0.05) is 14.2 Å². The Kier molecular flexibility index (Phi) is 4.51. The van der Waals surface area contributed by atoms with Gasteiger partial charge in [-0.1, -0.05) is 0 Å². The van der Waals surface area contributed by atoms with Crippen LogP contribution in [0.2, 0.25) is 0 Å². The molecule has 0 radical (unpaired) electrons. The van der Waals surface area contributed by atoms with E-state index >= 15 is 0 Å². The monoisotopic (exact) mass is 234 g/mol. The third-order valence-corrected chi connectivity index (χ3v) is 2.76. The number of ether oxygens (including phenoxy) is 6. The van der Waals surface area contributed by atoms with Crippen molar-refractivity contribution in [1.29, 1.82) is 0 Å². The van der Waals surface area contributed by atoms with Crippen LogP contribution in [0.5, 0.6) is 0 Å². The van der Waals surface area contributed by atoms with Gasteiger partial charge in [0.1, 0.15) is 38.0 Å². The van der Waals surface area contributed by atoms with Crippen molar-refractivity contribution in [2.24, 2.45) is 0 Å². The molecule has 0 aromatic carbocycles. The average molecular weight is 234 g/mol. The highest BCUT2D eigenvalue weighted by atomic mass is 16.7. The van der Waals surface area contributed by atoms with Crippen LogP contribution in [0.1, 0.15) is 0 Å². The van der Waals surface area contributed by atoms with Crippen LogP contribution in [0, 0.1) is 0 Å². The Hall–Kier alpha value is -0.240. The van der Waals surface area contributed by atoms with E-state index in [1.807, 2.05) is 0 Å². The largest absolute Gasteiger partial charge is 0.370 e. The fourth-order valence-corrected chi connectivity index (χ4v) is 2.03. The molecule has 4 atom stereocenters. The van der Waals surface area contributed by atoms with E-state index in [2.05, 4.69) is 0 Å². The van der Waals surface area contributed by atoms with E-state index in [0.29, 0.717) is 13.2 Å². The fraction of sp³-hybridized carbons (Fsp3) is 1.00. The van der Waals surface area contributed by atoms with E-state index in [0.717, 1.165) is 0 Å². The first-order valence-corrected chi connectivity index (χ1v) is 5.31. The van der Waals surface area contributed by atoms with Crippen LogP contribution in [-0.2, 0) is 28.4 Å². The molecular weight excluding hydrogens is 216 g/mol. The molecule has 0 amide bonds. The van der Waals surface area contributed by atoms with Crippen LogP contribution in [0.15, 0.2) is 0 Å². The van der Waals surface area contributed by atoms with Crippen LogP contribution in [-0.4, -0.2) is 65.4 Å². The first-order valence-electron chi connectivity index (χ1n) is 5.31. The van der Waals surface area contributed by atoms with E-state index in [4.69, 9.17) is 28.4 Å². The van der Waals surface area contributed by atoms with Crippen molar-refractivity contribution in [3.63, 3.8) is 0 Å². The number of methoxy groups -OCH3 is 2. The zero-order valence-corrected chi connectivity index (χ0v) is 9.59. The molecule has 94 valence electrons. The topological polar surface area (TPSA) is 55.4 Å². The van der Waals surface area contributed by atoms with Crippen molar-refractivity contribution >= 4 is 0 Å². The summed E-state index contributed by atoms with van der Waals surface area (Å²) < 4.78 is 31.9. The first kappa shape index (κ1) is 12.2. The van der Waals surface area contributed by atoms with Gasteiger partial charge in [-0.2, -0.15) is 0 Å². The Morgan fingerprint density at radius 2 is 1.31 bits per heavy atom. The Bertz CT molecular complexity index is 189. The van der Waals surface area contributed by atoms with Gasteiger partial charge in [-0.3, -0.25) is 0 Å². The summed E-state index contributed by atoms with van der Waals surface area (Å²) >= 11 is 0. The zero-order chi connectivity index (χ0) is 11.4. The molecule has 2 aliphatic rings. The van der Waals surface area contributed by atoms with Gasteiger partial charge in [0.25, 0.3) is 0 Å². The second-order valence-corrected chi connectivity index (χ2v) is 3.82. The standard InChI is InChI=1S/C10H18O6/c1-11-5-15-7-3-13-10-8(16-6-12-2)4-14-9(7)10/h7-10H,3-6H2,1-2H3/t7-,8+,9?,10?. The van der Waals surface area contributed by atoms with E-state index < -0.39 is 0 Å². The molecule has 2 heterocycles. The van der Waals surface area contributed by atoms with Gasteiger partial charge in [0.2, 0.25) is 0 Å². The molecule has 0 N–H and O–H groups in total. The molecule has 0 bridgehead atoms. The van der Waals surface area contributed by atoms with Crippen molar-refractivity contribution in [2.75, 3.05) is 41.0 Å². The summed E-state index contributed by atoms with van der Waals surface area (Å²) in [6.07, 6.45) is -0.254. The zero-order valence-electron chi connectivity index (χ0n) is 9.59. The molecule has 2 rings (SSSR count). The van der Waals surface area contributed by atoms with Gasteiger partial charge in [-0.05, 0) is 0 Å². The molecule has 2 aliphatic heterocycles. The summed E-state index contributed by atoms with van der Waals surface area (Å²) in [5, 5.41) is 0. The maximum absolute atomic E-state index is 5.61. The maximum atomic E-state index is 5.61. The van der Waals surface area contributed by atoms with Gasteiger partial charge in [-0.25, -0.2) is 0 Å². The molecule has 6 nitrogen and oxygen atoms in total. The number of hydrogen-bond donors (Lipinski definition) is 0. The van der Waals surface area contributed by atoms with E-state index in [-0.39, 0.29) is 38.0 Å². The van der Waals surface area contributed by atoms with Gasteiger partial charge in [0.15, 0.2) is 0 Å². The lowest BCUT2D eigenvalue weighted by atomic mass is 10.1. The minimum absolute atomic E-state index is 0.0583. The average Bonchev–Trinajstić information content (AvgIpc) is 2.86. The molecule has 6 heteroatoms. The molecule has 2 saturated heterocycles. The summed E-state index contributed by atoms with van der Waals surface area (Å²) in [6.45, 7) is 1.55. The Morgan fingerprint density at radius 3 is 1.69 bits per heavy atom. The third kappa shape index (κ3) is 2.53. The number of rotatable bonds is 6. The van der Waals surface area contributed by atoms with Gasteiger partial charge in [0.05, 0.1) is 13.2 Å². The lowest BCUT2D eigenvalue weighted by molar-refractivity contribution is -0.118. The Balaban J connectivity index is 1.80. The van der Waals surface area contributed by atoms with Crippen LogP contribution in [0.4, 0.5) is 0 Å². The molecule has 16 heavy (non-hydrogen) atoms. The minimum atomic E-state index is -0.0684. The van der Waals surface area contributed by atoms with Crippen LogP contribution >= 0.6 is 0 Å². The number of hydrogen-bond acceptors (Lipinski definition) is 6. The molecule has 0 spiro atoms. The summed E-state index contributed by atoms with van der Waals surface area (Å²) in [6, 6.07) is 0. The lowest BCUT2D eigenvalue weighted by Gasteiger charge is -2.16. The summed E-state index contributed by atoms with van der Waals surface area (Å²) in [5.74, 6) is 0. The predicted octanol–water partition coefficient (Wildman–Crippen LogP) is -0.238. The molecule has 2 unspecified atom stereocenters. The lowest BCUT2D eigenvalue weighted by Crippen LogP contribution is -2.34. The number of fused-ring (bicyclic) bond motifs is 1. The SMILES string of the molecule is COCO[C@H]1COC2C1OC[C@H]2OCOC. The highest BCUT2D eigenvalue weighted by molar-refractivity contribution is 4.95. The van der Waals surface area contributed by atoms with Crippen molar-refractivity contribution in [2.45, 2.75) is 24.4 Å². The van der Waals surface area contributed by atoms with Crippen molar-refractivity contribution in [3.05, 3.63) is 0 Å². The van der Waals surface area contributed by atoms with Crippen molar-refractivity contribution in [1.82, 2.24) is 0 Å². The second kappa shape index (κ2) is 5.90. The smallest absolute Gasteiger partial charge is 0.146 e. The Labute approximate surface area is 94.7 Å². The summed E-state index contributed by atoms with van der Waals surface area (Å²) in [5.41, 5.74) is 0. The molecule has 2 fully saturated rings. The summed E-state index contributed by atoms with van der Waals surface area (Å²) in [4.78, 5) is 0. The third-order valence-electron chi connectivity index (χ3n) is 2.76. The highest BCUT2D eigenvalue weighted by Gasteiger charge is 2.48. The second-order valence-electron chi connectivity index (χ2n) is 3.82. The quantitative estimate of drug-likeness (QED) is 0.591. The van der Waals surface area contributed by atoms with Gasteiger partial charge < -0.3 is 28.4 Å². The van der Waals surface area contributed by atoms with Crippen LogP contribution < -0.4 is 0 Å². The van der Waals surface area contributed by atoms with Crippen molar-refractivity contribution < 1.29 is 28.4 Å². The van der Waals surface area contributed by atoms with Crippen LogP contribution in [0.25, 0.3) is 0 Å².